The summed E-state index contributed by atoms with van der Waals surface area (Å²) in [6.07, 6.45) is 0.120. The van der Waals surface area contributed by atoms with Crippen molar-refractivity contribution < 1.29 is 9.13 Å². The highest BCUT2D eigenvalue weighted by molar-refractivity contribution is 7.80. The average Bonchev–Trinajstić information content (AvgIpc) is 2.15. The minimum atomic E-state index is -0.342. The highest BCUT2D eigenvalue weighted by atomic mass is 32.1. The van der Waals surface area contributed by atoms with Gasteiger partial charge in [0.2, 0.25) is 0 Å². The van der Waals surface area contributed by atoms with E-state index in [1.807, 2.05) is 13.8 Å². The first-order valence-corrected chi connectivity index (χ1v) is 5.11. The van der Waals surface area contributed by atoms with Crippen molar-refractivity contribution in [3.63, 3.8) is 0 Å². The summed E-state index contributed by atoms with van der Waals surface area (Å²) in [5.74, 6) is -0.342. The lowest BCUT2D eigenvalue weighted by Crippen LogP contribution is -2.14. The van der Waals surface area contributed by atoms with E-state index in [1.54, 1.807) is 6.07 Å². The summed E-state index contributed by atoms with van der Waals surface area (Å²) in [6.45, 7) is 4.26. The topological polar surface area (TPSA) is 35.2 Å². The Kier molecular flexibility index (Phi) is 4.17. The summed E-state index contributed by atoms with van der Waals surface area (Å²) in [7, 11) is 0. The maximum absolute atomic E-state index is 13.0. The van der Waals surface area contributed by atoms with Crippen LogP contribution in [0.15, 0.2) is 18.2 Å². The molecule has 0 heterocycles. The van der Waals surface area contributed by atoms with E-state index in [9.17, 15) is 4.39 Å². The molecule has 0 amide bonds. The second-order valence-electron chi connectivity index (χ2n) is 3.53. The van der Waals surface area contributed by atoms with Crippen molar-refractivity contribution in [2.75, 3.05) is 0 Å². The third-order valence-corrected chi connectivity index (χ3v) is 2.13. The number of halogens is 1. The van der Waals surface area contributed by atoms with Crippen molar-refractivity contribution in [3.8, 4) is 0 Å². The molecule has 0 aromatic heterocycles. The van der Waals surface area contributed by atoms with Gasteiger partial charge in [0.15, 0.2) is 0 Å². The van der Waals surface area contributed by atoms with Crippen LogP contribution < -0.4 is 5.73 Å². The van der Waals surface area contributed by atoms with Gasteiger partial charge in [-0.05, 0) is 31.5 Å². The van der Waals surface area contributed by atoms with E-state index in [0.717, 1.165) is 5.56 Å². The molecule has 0 saturated carbocycles. The number of rotatable bonds is 4. The first-order valence-electron chi connectivity index (χ1n) is 4.70. The zero-order valence-electron chi connectivity index (χ0n) is 8.79. The fraction of sp³-hybridized carbons (Fsp3) is 0.364. The van der Waals surface area contributed by atoms with E-state index >= 15 is 0 Å². The molecule has 0 radical (unpaired) electrons. The Balaban J connectivity index is 2.91. The summed E-state index contributed by atoms with van der Waals surface area (Å²) in [5.41, 5.74) is 6.86. The molecule has 0 aliphatic heterocycles. The zero-order valence-corrected chi connectivity index (χ0v) is 9.60. The Bertz CT molecular complexity index is 366. The van der Waals surface area contributed by atoms with E-state index in [0.29, 0.717) is 12.2 Å². The van der Waals surface area contributed by atoms with Crippen LogP contribution in [0.2, 0.25) is 0 Å². The molecule has 2 nitrogen and oxygen atoms in total. The summed E-state index contributed by atoms with van der Waals surface area (Å²) in [5, 5.41) is 0. The molecule has 2 N–H and O–H groups in total. The summed E-state index contributed by atoms with van der Waals surface area (Å²) in [6, 6.07) is 4.36. The zero-order chi connectivity index (χ0) is 11.4. The quantitative estimate of drug-likeness (QED) is 0.802. The lowest BCUT2D eigenvalue weighted by atomic mass is 10.1. The predicted octanol–water partition coefficient (Wildman–Crippen LogP) is 2.38. The number of benzene rings is 1. The van der Waals surface area contributed by atoms with Crippen LogP contribution in [0.5, 0.6) is 0 Å². The predicted molar refractivity (Wildman–Crippen MR) is 62.2 cm³/mol. The Morgan fingerprint density at radius 3 is 2.73 bits per heavy atom. The van der Waals surface area contributed by atoms with Crippen molar-refractivity contribution in [3.05, 3.63) is 35.1 Å². The molecule has 0 fully saturated rings. The monoisotopic (exact) mass is 227 g/mol. The second-order valence-corrected chi connectivity index (χ2v) is 3.97. The number of ether oxygens (including phenoxy) is 1. The van der Waals surface area contributed by atoms with Crippen LogP contribution in [-0.4, -0.2) is 11.1 Å². The van der Waals surface area contributed by atoms with Crippen LogP contribution in [0.25, 0.3) is 0 Å². The Labute approximate surface area is 94.2 Å². The van der Waals surface area contributed by atoms with Gasteiger partial charge in [-0.3, -0.25) is 0 Å². The van der Waals surface area contributed by atoms with Crippen LogP contribution in [0, 0.1) is 5.82 Å². The minimum Gasteiger partial charge on any atom is -0.389 e. The van der Waals surface area contributed by atoms with E-state index < -0.39 is 0 Å². The molecule has 0 saturated heterocycles. The summed E-state index contributed by atoms with van der Waals surface area (Å²) >= 11 is 4.84. The van der Waals surface area contributed by atoms with E-state index in [4.69, 9.17) is 22.7 Å². The molecule has 4 heteroatoms. The van der Waals surface area contributed by atoms with Crippen LogP contribution in [0.1, 0.15) is 25.0 Å². The van der Waals surface area contributed by atoms with Gasteiger partial charge in [-0.25, -0.2) is 4.39 Å². The third-order valence-electron chi connectivity index (χ3n) is 1.91. The summed E-state index contributed by atoms with van der Waals surface area (Å²) in [4.78, 5) is 0.192. The number of thiocarbonyl (C=S) groups is 1. The van der Waals surface area contributed by atoms with Gasteiger partial charge in [0.1, 0.15) is 10.8 Å². The molecule has 0 aliphatic carbocycles. The van der Waals surface area contributed by atoms with E-state index in [2.05, 4.69) is 0 Å². The van der Waals surface area contributed by atoms with Gasteiger partial charge in [-0.15, -0.1) is 0 Å². The molecule has 0 aliphatic rings. The minimum absolute atomic E-state index is 0.120. The van der Waals surface area contributed by atoms with Crippen LogP contribution >= 0.6 is 12.2 Å². The number of hydrogen-bond acceptors (Lipinski definition) is 2. The first-order chi connectivity index (χ1) is 7.00. The van der Waals surface area contributed by atoms with Crippen molar-refractivity contribution in [2.24, 2.45) is 5.73 Å². The van der Waals surface area contributed by atoms with Gasteiger partial charge >= 0.3 is 0 Å². The molecule has 1 aromatic rings. The normalized spacial score (nSPS) is 10.7. The van der Waals surface area contributed by atoms with E-state index in [-0.39, 0.29) is 16.9 Å². The van der Waals surface area contributed by atoms with Crippen LogP contribution in [-0.2, 0) is 11.3 Å². The molecule has 0 atom stereocenters. The highest BCUT2D eigenvalue weighted by Crippen LogP contribution is 2.13. The Hall–Kier alpha value is -1.00. The SMILES string of the molecule is CC(C)OCc1ccc(F)cc1C(N)=S. The molecule has 0 spiro atoms. The van der Waals surface area contributed by atoms with Gasteiger partial charge < -0.3 is 10.5 Å². The van der Waals surface area contributed by atoms with E-state index in [1.165, 1.54) is 12.1 Å². The van der Waals surface area contributed by atoms with Gasteiger partial charge in [-0.1, -0.05) is 18.3 Å². The van der Waals surface area contributed by atoms with Gasteiger partial charge in [0.05, 0.1) is 12.7 Å². The molecule has 0 unspecified atom stereocenters. The maximum Gasteiger partial charge on any atom is 0.123 e. The van der Waals surface area contributed by atoms with Crippen molar-refractivity contribution in [2.45, 2.75) is 26.6 Å². The largest absolute Gasteiger partial charge is 0.389 e. The molecule has 0 bridgehead atoms. The molecular weight excluding hydrogens is 213 g/mol. The van der Waals surface area contributed by atoms with Crippen molar-refractivity contribution >= 4 is 17.2 Å². The molecular formula is C11H14FNOS. The number of hydrogen-bond donors (Lipinski definition) is 1. The second kappa shape index (κ2) is 5.19. The Morgan fingerprint density at radius 1 is 1.53 bits per heavy atom. The lowest BCUT2D eigenvalue weighted by molar-refractivity contribution is 0.0656. The molecule has 82 valence electrons. The fourth-order valence-corrected chi connectivity index (χ4v) is 1.35. The van der Waals surface area contributed by atoms with Crippen LogP contribution in [0.4, 0.5) is 4.39 Å². The maximum atomic E-state index is 13.0. The Morgan fingerprint density at radius 2 is 2.20 bits per heavy atom. The van der Waals surface area contributed by atoms with Gasteiger partial charge in [0.25, 0.3) is 0 Å². The van der Waals surface area contributed by atoms with Gasteiger partial charge in [0, 0.05) is 5.56 Å². The highest BCUT2D eigenvalue weighted by Gasteiger charge is 2.07. The third kappa shape index (κ3) is 3.57. The lowest BCUT2D eigenvalue weighted by Gasteiger charge is -2.11. The van der Waals surface area contributed by atoms with Crippen molar-refractivity contribution in [1.29, 1.82) is 0 Å². The standard InChI is InChI=1S/C11H14FNOS/c1-7(2)14-6-8-3-4-9(12)5-10(8)11(13)15/h3-5,7H,6H2,1-2H3,(H2,13,15). The molecule has 1 rings (SSSR count). The average molecular weight is 227 g/mol. The summed E-state index contributed by atoms with van der Waals surface area (Å²) < 4.78 is 18.4. The number of nitrogens with two attached hydrogens (primary N) is 1. The van der Waals surface area contributed by atoms with Gasteiger partial charge in [-0.2, -0.15) is 0 Å². The molecule has 15 heavy (non-hydrogen) atoms. The first kappa shape index (κ1) is 12.1. The van der Waals surface area contributed by atoms with Crippen molar-refractivity contribution in [1.82, 2.24) is 0 Å². The smallest absolute Gasteiger partial charge is 0.123 e. The van der Waals surface area contributed by atoms with Crippen LogP contribution in [0.3, 0.4) is 0 Å². The fourth-order valence-electron chi connectivity index (χ4n) is 1.16. The molecule has 1 aromatic carbocycles.